The first-order valence-corrected chi connectivity index (χ1v) is 9.14. The maximum atomic E-state index is 11.6. The van der Waals surface area contributed by atoms with Gasteiger partial charge in [-0.2, -0.15) is 0 Å². The van der Waals surface area contributed by atoms with E-state index in [4.69, 9.17) is 9.47 Å². The summed E-state index contributed by atoms with van der Waals surface area (Å²) in [7, 11) is 0. The summed E-state index contributed by atoms with van der Waals surface area (Å²) in [5.41, 5.74) is 0.264. The van der Waals surface area contributed by atoms with Crippen molar-refractivity contribution < 1.29 is 14.3 Å². The largest absolute Gasteiger partial charge is 0.447 e. The van der Waals surface area contributed by atoms with Crippen LogP contribution in [0.5, 0.6) is 0 Å². The molecule has 0 saturated carbocycles. The van der Waals surface area contributed by atoms with E-state index in [0.717, 1.165) is 51.3 Å². The number of rotatable bonds is 4. The first-order valence-electron chi connectivity index (χ1n) is 9.14. The number of nitrogens with zero attached hydrogens (tertiary/aromatic N) is 3. The van der Waals surface area contributed by atoms with Gasteiger partial charge < -0.3 is 19.7 Å². The second-order valence-electron chi connectivity index (χ2n) is 7.34. The number of hydrogen-bond donors (Lipinski definition) is 1. The van der Waals surface area contributed by atoms with Crippen molar-refractivity contribution in [1.29, 1.82) is 0 Å². The molecule has 0 radical (unpaired) electrons. The van der Waals surface area contributed by atoms with Crippen LogP contribution in [-0.2, 0) is 9.47 Å². The first-order chi connectivity index (χ1) is 12.1. The van der Waals surface area contributed by atoms with E-state index >= 15 is 0 Å². The summed E-state index contributed by atoms with van der Waals surface area (Å²) in [6.07, 6.45) is 7.51. The van der Waals surface area contributed by atoms with Gasteiger partial charge in [-0.25, -0.2) is 14.8 Å². The predicted molar refractivity (Wildman–Crippen MR) is 94.5 cm³/mol. The molecule has 3 rings (SSSR count). The lowest BCUT2D eigenvalue weighted by Crippen LogP contribution is -2.48. The quantitative estimate of drug-likeness (QED) is 0.900. The van der Waals surface area contributed by atoms with E-state index < -0.39 is 0 Å². The van der Waals surface area contributed by atoms with Gasteiger partial charge in [-0.1, -0.05) is 0 Å². The molecule has 1 N–H and O–H groups in total. The molecule has 7 nitrogen and oxygen atoms in total. The van der Waals surface area contributed by atoms with Gasteiger partial charge in [-0.05, 0) is 51.0 Å². The zero-order valence-corrected chi connectivity index (χ0v) is 15.1. The van der Waals surface area contributed by atoms with E-state index in [1.807, 2.05) is 19.9 Å². The van der Waals surface area contributed by atoms with Crippen LogP contribution in [0, 0.1) is 5.41 Å². The molecular weight excluding hydrogens is 320 g/mol. The summed E-state index contributed by atoms with van der Waals surface area (Å²) in [6, 6.07) is 1.84. The van der Waals surface area contributed by atoms with E-state index in [9.17, 15) is 4.79 Å². The molecule has 2 aliphatic heterocycles. The SMILES string of the molecule is CC(C)OC(=O)NC[C@H]1CCC2(CCN(c3ncccn3)CC2)CO1. The molecule has 1 amide bonds. The Kier molecular flexibility index (Phi) is 5.73. The number of aromatic nitrogens is 2. The predicted octanol–water partition coefficient (Wildman–Crippen LogP) is 2.38. The second-order valence-corrected chi connectivity index (χ2v) is 7.34. The Balaban J connectivity index is 1.41. The van der Waals surface area contributed by atoms with Gasteiger partial charge >= 0.3 is 6.09 Å². The summed E-state index contributed by atoms with van der Waals surface area (Å²) in [5, 5.41) is 2.79. The molecular formula is C18H28N4O3. The third-order valence-electron chi connectivity index (χ3n) is 5.10. The number of hydrogen-bond acceptors (Lipinski definition) is 6. The second kappa shape index (κ2) is 7.99. The van der Waals surface area contributed by atoms with Crippen molar-refractivity contribution in [2.75, 3.05) is 31.1 Å². The number of carbonyl (C=O) groups is 1. The van der Waals surface area contributed by atoms with E-state index in [0.29, 0.717) is 6.54 Å². The average Bonchev–Trinajstić information content (AvgIpc) is 2.62. The molecule has 0 bridgehead atoms. The fourth-order valence-electron chi connectivity index (χ4n) is 3.56. The molecule has 2 fully saturated rings. The maximum absolute atomic E-state index is 11.6. The fourth-order valence-corrected chi connectivity index (χ4v) is 3.56. The number of nitrogens with one attached hydrogen (secondary N) is 1. The topological polar surface area (TPSA) is 76.6 Å². The summed E-state index contributed by atoms with van der Waals surface area (Å²) < 4.78 is 11.1. The fraction of sp³-hybridized carbons (Fsp3) is 0.722. The van der Waals surface area contributed by atoms with E-state index in [2.05, 4.69) is 20.2 Å². The molecule has 0 aliphatic carbocycles. The van der Waals surface area contributed by atoms with Gasteiger partial charge in [0.2, 0.25) is 5.95 Å². The number of alkyl carbamates (subject to hydrolysis) is 1. The highest BCUT2D eigenvalue weighted by Gasteiger charge is 2.39. The summed E-state index contributed by atoms with van der Waals surface area (Å²) in [6.45, 7) is 6.91. The van der Waals surface area contributed by atoms with Crippen molar-refractivity contribution in [2.45, 2.75) is 51.7 Å². The van der Waals surface area contributed by atoms with Gasteiger partial charge in [0.15, 0.2) is 0 Å². The lowest BCUT2D eigenvalue weighted by atomic mass is 9.73. The molecule has 2 saturated heterocycles. The van der Waals surface area contributed by atoms with Gasteiger partial charge in [0.05, 0.1) is 18.8 Å². The van der Waals surface area contributed by atoms with Gasteiger partial charge in [0, 0.05) is 32.0 Å². The molecule has 1 aromatic rings. The monoisotopic (exact) mass is 348 g/mol. The molecule has 1 aromatic heterocycles. The van der Waals surface area contributed by atoms with E-state index in [-0.39, 0.29) is 23.7 Å². The molecule has 0 unspecified atom stereocenters. The molecule has 0 aromatic carbocycles. The van der Waals surface area contributed by atoms with Crippen LogP contribution >= 0.6 is 0 Å². The van der Waals surface area contributed by atoms with Crippen molar-refractivity contribution in [3.8, 4) is 0 Å². The Hall–Kier alpha value is -1.89. The Morgan fingerprint density at radius 3 is 2.68 bits per heavy atom. The van der Waals surface area contributed by atoms with Crippen molar-refractivity contribution in [2.24, 2.45) is 5.41 Å². The molecule has 2 aliphatic rings. The summed E-state index contributed by atoms with van der Waals surface area (Å²) in [4.78, 5) is 22.5. The highest BCUT2D eigenvalue weighted by atomic mass is 16.6. The standard InChI is InChI=1S/C18H28N4O3/c1-14(2)25-17(23)21-12-15-4-5-18(13-24-15)6-10-22(11-7-18)16-19-8-3-9-20-16/h3,8-9,14-15H,4-7,10-13H2,1-2H3,(H,21,23)/t15-/m1/s1. The van der Waals surface area contributed by atoms with E-state index in [1.54, 1.807) is 12.4 Å². The van der Waals surface area contributed by atoms with Gasteiger partial charge in [0.1, 0.15) is 0 Å². The average molecular weight is 348 g/mol. The van der Waals surface area contributed by atoms with Crippen molar-refractivity contribution >= 4 is 12.0 Å². The molecule has 1 atom stereocenters. The minimum absolute atomic E-state index is 0.0841. The first kappa shape index (κ1) is 17.9. The van der Waals surface area contributed by atoms with Gasteiger partial charge in [-0.3, -0.25) is 0 Å². The molecule has 3 heterocycles. The Labute approximate surface area is 149 Å². The highest BCUT2D eigenvalue weighted by molar-refractivity contribution is 5.67. The van der Waals surface area contributed by atoms with Crippen molar-refractivity contribution in [3.05, 3.63) is 18.5 Å². The minimum atomic E-state index is -0.366. The Bertz CT molecular complexity index is 549. The van der Waals surface area contributed by atoms with E-state index in [1.165, 1.54) is 0 Å². The maximum Gasteiger partial charge on any atom is 0.407 e. The summed E-state index contributed by atoms with van der Waals surface area (Å²) in [5.74, 6) is 0.819. The zero-order chi connectivity index (χ0) is 17.7. The lowest BCUT2D eigenvalue weighted by molar-refractivity contribution is -0.0705. The number of carbonyl (C=O) groups excluding carboxylic acids is 1. The van der Waals surface area contributed by atoms with Crippen LogP contribution in [0.25, 0.3) is 0 Å². The van der Waals surface area contributed by atoms with Crippen LogP contribution in [-0.4, -0.2) is 54.5 Å². The van der Waals surface area contributed by atoms with Crippen LogP contribution in [0.3, 0.4) is 0 Å². The number of ether oxygens (including phenoxy) is 2. The number of piperidine rings is 1. The highest BCUT2D eigenvalue weighted by Crippen LogP contribution is 2.40. The Morgan fingerprint density at radius 1 is 1.36 bits per heavy atom. The molecule has 7 heteroatoms. The smallest absolute Gasteiger partial charge is 0.407 e. The zero-order valence-electron chi connectivity index (χ0n) is 15.1. The van der Waals surface area contributed by atoms with Crippen LogP contribution in [0.2, 0.25) is 0 Å². The molecule has 138 valence electrons. The number of anilines is 1. The van der Waals surface area contributed by atoms with Crippen LogP contribution in [0.15, 0.2) is 18.5 Å². The van der Waals surface area contributed by atoms with Gasteiger partial charge in [0.25, 0.3) is 0 Å². The third kappa shape index (κ3) is 4.81. The van der Waals surface area contributed by atoms with Gasteiger partial charge in [-0.15, -0.1) is 0 Å². The molecule has 1 spiro atoms. The normalized spacial score (nSPS) is 22.8. The van der Waals surface area contributed by atoms with Crippen LogP contribution in [0.1, 0.15) is 39.5 Å². The summed E-state index contributed by atoms with van der Waals surface area (Å²) >= 11 is 0. The minimum Gasteiger partial charge on any atom is -0.447 e. The lowest BCUT2D eigenvalue weighted by Gasteiger charge is -2.45. The molecule has 25 heavy (non-hydrogen) atoms. The number of amides is 1. The Morgan fingerprint density at radius 2 is 2.08 bits per heavy atom. The van der Waals surface area contributed by atoms with Crippen molar-refractivity contribution in [1.82, 2.24) is 15.3 Å². The third-order valence-corrected chi connectivity index (χ3v) is 5.10. The van der Waals surface area contributed by atoms with Crippen molar-refractivity contribution in [3.63, 3.8) is 0 Å². The van der Waals surface area contributed by atoms with Crippen LogP contribution in [0.4, 0.5) is 10.7 Å². The van der Waals surface area contributed by atoms with Crippen LogP contribution < -0.4 is 10.2 Å².